The van der Waals surface area contributed by atoms with Crippen LogP contribution in [0.5, 0.6) is 0 Å². The van der Waals surface area contributed by atoms with Gasteiger partial charge in [0.1, 0.15) is 4.90 Å². The first-order valence-corrected chi connectivity index (χ1v) is 8.07. The monoisotopic (exact) mass is 360 g/mol. The minimum absolute atomic E-state index is 0.0288. The molecule has 9 heteroatoms. The van der Waals surface area contributed by atoms with E-state index < -0.39 is 10.0 Å². The van der Waals surface area contributed by atoms with Crippen LogP contribution in [0.1, 0.15) is 6.42 Å². The lowest BCUT2D eigenvalue weighted by molar-refractivity contribution is 0.277. The summed E-state index contributed by atoms with van der Waals surface area (Å²) in [5, 5.41) is 12.7. The number of nitrogens with one attached hydrogen (secondary N) is 1. The molecule has 0 spiro atoms. The summed E-state index contributed by atoms with van der Waals surface area (Å²) in [4.78, 5) is 4.00. The van der Waals surface area contributed by atoms with Gasteiger partial charge in [0.2, 0.25) is 0 Å². The van der Waals surface area contributed by atoms with Crippen molar-refractivity contribution in [3.05, 3.63) is 35.2 Å². The number of aromatic nitrogens is 3. The molecule has 0 radical (unpaired) electrons. The van der Waals surface area contributed by atoms with Gasteiger partial charge in [-0.15, -0.1) is 0 Å². The zero-order chi connectivity index (χ0) is 14.6. The van der Waals surface area contributed by atoms with Crippen molar-refractivity contribution in [3.8, 4) is 0 Å². The van der Waals surface area contributed by atoms with E-state index in [-0.39, 0.29) is 17.3 Å². The lowest BCUT2D eigenvalue weighted by atomic mass is 10.5. The Morgan fingerprint density at radius 3 is 2.95 bits per heavy atom. The first-order valence-electron chi connectivity index (χ1n) is 5.79. The summed E-state index contributed by atoms with van der Waals surface area (Å²) in [7, 11) is -3.73. The van der Waals surface area contributed by atoms with E-state index >= 15 is 0 Å². The van der Waals surface area contributed by atoms with Gasteiger partial charge in [0.05, 0.1) is 10.7 Å². The number of rotatable bonds is 6. The minimum atomic E-state index is -3.73. The standard InChI is InChI=1S/C11H13BrN4O3S/c12-10-3-1-4-13-11(10)15-20(18,19)9-7-14-16(8-9)5-2-6-17/h1,3-4,7-8,17H,2,5-6H2,(H,13,15). The molecule has 0 bridgehead atoms. The molecule has 0 aromatic carbocycles. The van der Waals surface area contributed by atoms with Crippen LogP contribution in [0.3, 0.4) is 0 Å². The van der Waals surface area contributed by atoms with Crippen LogP contribution in [-0.4, -0.2) is 34.9 Å². The number of hydrogen-bond donors (Lipinski definition) is 2. The highest BCUT2D eigenvalue weighted by molar-refractivity contribution is 9.10. The van der Waals surface area contributed by atoms with Gasteiger partial charge >= 0.3 is 0 Å². The largest absolute Gasteiger partial charge is 0.396 e. The molecule has 0 unspecified atom stereocenters. The second-order valence-electron chi connectivity index (χ2n) is 3.96. The van der Waals surface area contributed by atoms with Crippen molar-refractivity contribution in [1.82, 2.24) is 14.8 Å². The van der Waals surface area contributed by atoms with Crippen LogP contribution in [0.2, 0.25) is 0 Å². The zero-order valence-electron chi connectivity index (χ0n) is 10.4. The Balaban J connectivity index is 2.18. The maximum Gasteiger partial charge on any atom is 0.266 e. The zero-order valence-corrected chi connectivity index (χ0v) is 12.8. The van der Waals surface area contributed by atoms with Crippen molar-refractivity contribution >= 4 is 31.8 Å². The van der Waals surface area contributed by atoms with Crippen molar-refractivity contribution in [2.75, 3.05) is 11.3 Å². The van der Waals surface area contributed by atoms with Crippen LogP contribution >= 0.6 is 15.9 Å². The smallest absolute Gasteiger partial charge is 0.266 e. The molecule has 0 saturated carbocycles. The fourth-order valence-corrected chi connectivity index (χ4v) is 2.95. The van der Waals surface area contributed by atoms with E-state index in [1.165, 1.54) is 23.3 Å². The Kier molecular flexibility index (Phi) is 4.73. The topological polar surface area (TPSA) is 97.1 Å². The number of halogens is 1. The predicted molar refractivity (Wildman–Crippen MR) is 76.7 cm³/mol. The summed E-state index contributed by atoms with van der Waals surface area (Å²) in [5.74, 6) is 0.218. The highest BCUT2D eigenvalue weighted by Crippen LogP contribution is 2.21. The molecule has 0 aliphatic carbocycles. The van der Waals surface area contributed by atoms with Crippen molar-refractivity contribution < 1.29 is 13.5 Å². The van der Waals surface area contributed by atoms with E-state index in [2.05, 4.69) is 30.7 Å². The Hall–Kier alpha value is -1.45. The average molecular weight is 361 g/mol. The van der Waals surface area contributed by atoms with Crippen LogP contribution in [0, 0.1) is 0 Å². The Labute approximate surface area is 124 Å². The van der Waals surface area contributed by atoms with Gasteiger partial charge in [0.25, 0.3) is 10.0 Å². The number of anilines is 1. The summed E-state index contributed by atoms with van der Waals surface area (Å²) in [5.41, 5.74) is 0. The SMILES string of the molecule is O=S(=O)(Nc1ncccc1Br)c1cnn(CCCO)c1. The Morgan fingerprint density at radius 1 is 1.45 bits per heavy atom. The maximum absolute atomic E-state index is 12.2. The number of pyridine rings is 1. The van der Waals surface area contributed by atoms with E-state index in [1.54, 1.807) is 12.1 Å². The molecule has 0 saturated heterocycles. The van der Waals surface area contributed by atoms with Crippen LogP contribution in [-0.2, 0) is 16.6 Å². The summed E-state index contributed by atoms with van der Waals surface area (Å²) >= 11 is 3.22. The lowest BCUT2D eigenvalue weighted by Gasteiger charge is -2.06. The number of hydrogen-bond acceptors (Lipinski definition) is 5. The van der Waals surface area contributed by atoms with Crippen LogP contribution in [0.15, 0.2) is 40.1 Å². The molecule has 0 fully saturated rings. The second kappa shape index (κ2) is 6.33. The normalized spacial score (nSPS) is 11.5. The van der Waals surface area contributed by atoms with Gasteiger partial charge in [-0.2, -0.15) is 5.10 Å². The van der Waals surface area contributed by atoms with Gasteiger partial charge < -0.3 is 5.11 Å². The molecule has 2 rings (SSSR count). The number of sulfonamides is 1. The van der Waals surface area contributed by atoms with Gasteiger partial charge in [-0.1, -0.05) is 0 Å². The summed E-state index contributed by atoms with van der Waals surface area (Å²) < 4.78 is 28.7. The molecule has 108 valence electrons. The predicted octanol–water partition coefficient (Wildman–Crippen LogP) is 1.22. The third-order valence-corrected chi connectivity index (χ3v) is 4.39. The minimum Gasteiger partial charge on any atom is -0.396 e. The lowest BCUT2D eigenvalue weighted by Crippen LogP contribution is -2.13. The molecule has 2 aromatic heterocycles. The molecular weight excluding hydrogens is 348 g/mol. The van der Waals surface area contributed by atoms with Crippen LogP contribution in [0.4, 0.5) is 5.82 Å². The highest BCUT2D eigenvalue weighted by atomic mass is 79.9. The van der Waals surface area contributed by atoms with E-state index in [1.807, 2.05) is 0 Å². The first kappa shape index (κ1) is 14.9. The molecular formula is C11H13BrN4O3S. The van der Waals surface area contributed by atoms with Crippen LogP contribution in [0.25, 0.3) is 0 Å². The molecule has 2 N–H and O–H groups in total. The van der Waals surface area contributed by atoms with Crippen molar-refractivity contribution in [1.29, 1.82) is 0 Å². The van der Waals surface area contributed by atoms with E-state index in [9.17, 15) is 8.42 Å². The molecule has 2 heterocycles. The van der Waals surface area contributed by atoms with Crippen molar-refractivity contribution in [2.24, 2.45) is 0 Å². The average Bonchev–Trinajstić information content (AvgIpc) is 2.88. The van der Waals surface area contributed by atoms with Gasteiger partial charge in [-0.05, 0) is 34.5 Å². The third kappa shape index (κ3) is 3.56. The van der Waals surface area contributed by atoms with Gasteiger partial charge in [0.15, 0.2) is 5.82 Å². The van der Waals surface area contributed by atoms with Gasteiger partial charge in [0, 0.05) is 25.5 Å². The summed E-state index contributed by atoms with van der Waals surface area (Å²) in [6.07, 6.45) is 4.68. The highest BCUT2D eigenvalue weighted by Gasteiger charge is 2.18. The number of aliphatic hydroxyl groups is 1. The second-order valence-corrected chi connectivity index (χ2v) is 6.49. The fraction of sp³-hybridized carbons (Fsp3) is 0.273. The first-order chi connectivity index (χ1) is 9.53. The molecule has 0 atom stereocenters. The van der Waals surface area contributed by atoms with Crippen LogP contribution < -0.4 is 4.72 Å². The molecule has 20 heavy (non-hydrogen) atoms. The molecule has 2 aromatic rings. The van der Waals surface area contributed by atoms with Crippen molar-refractivity contribution in [3.63, 3.8) is 0 Å². The Bertz CT molecular complexity index is 686. The molecule has 7 nitrogen and oxygen atoms in total. The summed E-state index contributed by atoms with van der Waals surface area (Å²) in [6.45, 7) is 0.486. The van der Waals surface area contributed by atoms with E-state index in [4.69, 9.17) is 5.11 Å². The third-order valence-electron chi connectivity index (χ3n) is 2.45. The molecule has 0 amide bonds. The maximum atomic E-state index is 12.2. The molecule has 0 aliphatic heterocycles. The van der Waals surface area contributed by atoms with Gasteiger partial charge in [-0.3, -0.25) is 9.40 Å². The van der Waals surface area contributed by atoms with Crippen molar-refractivity contribution in [2.45, 2.75) is 17.9 Å². The summed E-state index contributed by atoms with van der Waals surface area (Å²) in [6, 6.07) is 3.38. The molecule has 0 aliphatic rings. The fourth-order valence-electron chi connectivity index (χ4n) is 1.49. The number of nitrogens with zero attached hydrogens (tertiary/aromatic N) is 3. The Morgan fingerprint density at radius 2 is 2.25 bits per heavy atom. The number of aliphatic hydroxyl groups excluding tert-OH is 1. The van der Waals surface area contributed by atoms with Gasteiger partial charge in [-0.25, -0.2) is 13.4 Å². The van der Waals surface area contributed by atoms with E-state index in [0.717, 1.165) is 0 Å². The van der Waals surface area contributed by atoms with E-state index in [0.29, 0.717) is 17.4 Å². The number of aryl methyl sites for hydroxylation is 1. The quantitative estimate of drug-likeness (QED) is 0.807.